The lowest BCUT2D eigenvalue weighted by atomic mass is 10.1. The Morgan fingerprint density at radius 3 is 2.58 bits per heavy atom. The van der Waals surface area contributed by atoms with Gasteiger partial charge in [0.15, 0.2) is 0 Å². The summed E-state index contributed by atoms with van der Waals surface area (Å²) in [6, 6.07) is 16.5. The van der Waals surface area contributed by atoms with Crippen molar-refractivity contribution in [1.29, 1.82) is 0 Å². The maximum atomic E-state index is 4.32. The van der Waals surface area contributed by atoms with Crippen LogP contribution >= 0.6 is 0 Å². The predicted molar refractivity (Wildman–Crippen MR) is 78.0 cm³/mol. The van der Waals surface area contributed by atoms with Gasteiger partial charge in [0.2, 0.25) is 0 Å². The molecule has 1 N–H and O–H groups in total. The van der Waals surface area contributed by atoms with Crippen molar-refractivity contribution in [3.8, 4) is 0 Å². The Morgan fingerprint density at radius 1 is 0.947 bits per heavy atom. The quantitative estimate of drug-likeness (QED) is 0.771. The Balaban J connectivity index is 1.84. The second kappa shape index (κ2) is 5.06. The highest BCUT2D eigenvalue weighted by atomic mass is 15.0. The molecule has 0 unspecified atom stereocenters. The van der Waals surface area contributed by atoms with Crippen LogP contribution in [0.15, 0.2) is 54.9 Å². The summed E-state index contributed by atoms with van der Waals surface area (Å²) in [6.07, 6.45) is 1.60. The van der Waals surface area contributed by atoms with Crippen molar-refractivity contribution in [3.05, 3.63) is 66.0 Å². The van der Waals surface area contributed by atoms with Crippen LogP contribution in [0, 0.1) is 6.92 Å². The molecular formula is C16H15N3. The molecule has 3 nitrogen and oxygen atoms in total. The van der Waals surface area contributed by atoms with Gasteiger partial charge >= 0.3 is 0 Å². The van der Waals surface area contributed by atoms with E-state index < -0.39 is 0 Å². The SMILES string of the molecule is Cc1ccc(CNc2ncnc3ccccc23)cc1. The largest absolute Gasteiger partial charge is 0.365 e. The zero-order valence-corrected chi connectivity index (χ0v) is 10.8. The van der Waals surface area contributed by atoms with Gasteiger partial charge < -0.3 is 5.32 Å². The first-order chi connectivity index (χ1) is 9.33. The highest BCUT2D eigenvalue weighted by molar-refractivity contribution is 5.88. The number of para-hydroxylation sites is 1. The topological polar surface area (TPSA) is 37.8 Å². The molecule has 0 radical (unpaired) electrons. The van der Waals surface area contributed by atoms with Crippen molar-refractivity contribution in [2.45, 2.75) is 13.5 Å². The molecule has 1 aromatic heterocycles. The Morgan fingerprint density at radius 2 is 1.74 bits per heavy atom. The summed E-state index contributed by atoms with van der Waals surface area (Å²) in [4.78, 5) is 8.57. The minimum atomic E-state index is 0.765. The summed E-state index contributed by atoms with van der Waals surface area (Å²) >= 11 is 0. The molecule has 0 atom stereocenters. The van der Waals surface area contributed by atoms with Gasteiger partial charge in [0.25, 0.3) is 0 Å². The van der Waals surface area contributed by atoms with E-state index in [9.17, 15) is 0 Å². The molecular weight excluding hydrogens is 234 g/mol. The molecule has 0 spiro atoms. The van der Waals surface area contributed by atoms with Gasteiger partial charge in [-0.05, 0) is 24.6 Å². The third kappa shape index (κ3) is 2.55. The number of fused-ring (bicyclic) bond motifs is 1. The first-order valence-corrected chi connectivity index (χ1v) is 6.32. The molecule has 94 valence electrons. The number of aromatic nitrogens is 2. The number of hydrogen-bond donors (Lipinski definition) is 1. The van der Waals surface area contributed by atoms with E-state index in [1.54, 1.807) is 6.33 Å². The maximum absolute atomic E-state index is 4.32. The molecule has 0 aliphatic carbocycles. The zero-order valence-electron chi connectivity index (χ0n) is 10.8. The molecule has 1 heterocycles. The molecule has 0 aliphatic heterocycles. The van der Waals surface area contributed by atoms with Gasteiger partial charge in [0, 0.05) is 11.9 Å². The normalized spacial score (nSPS) is 10.6. The van der Waals surface area contributed by atoms with Gasteiger partial charge in [-0.1, -0.05) is 42.0 Å². The fourth-order valence-corrected chi connectivity index (χ4v) is 2.04. The van der Waals surface area contributed by atoms with Crippen LogP contribution in [-0.2, 0) is 6.54 Å². The van der Waals surface area contributed by atoms with Crippen molar-refractivity contribution >= 4 is 16.7 Å². The second-order valence-corrected chi connectivity index (χ2v) is 4.58. The lowest BCUT2D eigenvalue weighted by Gasteiger charge is -2.08. The first-order valence-electron chi connectivity index (χ1n) is 6.32. The maximum Gasteiger partial charge on any atom is 0.137 e. The van der Waals surface area contributed by atoms with E-state index in [0.717, 1.165) is 23.3 Å². The molecule has 2 aromatic carbocycles. The molecule has 3 aromatic rings. The van der Waals surface area contributed by atoms with E-state index in [-0.39, 0.29) is 0 Å². The van der Waals surface area contributed by atoms with Crippen molar-refractivity contribution in [2.24, 2.45) is 0 Å². The number of anilines is 1. The standard InChI is InChI=1S/C16H15N3/c1-12-6-8-13(9-7-12)10-17-16-14-4-2-3-5-15(14)18-11-19-16/h2-9,11H,10H2,1H3,(H,17,18,19). The van der Waals surface area contributed by atoms with Crippen molar-refractivity contribution in [1.82, 2.24) is 9.97 Å². The van der Waals surface area contributed by atoms with Crippen LogP contribution in [0.4, 0.5) is 5.82 Å². The van der Waals surface area contributed by atoms with Gasteiger partial charge in [-0.15, -0.1) is 0 Å². The molecule has 0 saturated carbocycles. The van der Waals surface area contributed by atoms with Crippen LogP contribution in [0.5, 0.6) is 0 Å². The van der Waals surface area contributed by atoms with E-state index >= 15 is 0 Å². The first kappa shape index (κ1) is 11.7. The number of hydrogen-bond acceptors (Lipinski definition) is 3. The Bertz CT molecular complexity index is 684. The van der Waals surface area contributed by atoms with Gasteiger partial charge in [0.1, 0.15) is 12.1 Å². The summed E-state index contributed by atoms with van der Waals surface area (Å²) in [6.45, 7) is 2.86. The molecule has 19 heavy (non-hydrogen) atoms. The third-order valence-corrected chi connectivity index (χ3v) is 3.12. The van der Waals surface area contributed by atoms with Crippen LogP contribution in [0.25, 0.3) is 10.9 Å². The lowest BCUT2D eigenvalue weighted by molar-refractivity contribution is 1.10. The average molecular weight is 249 g/mol. The monoisotopic (exact) mass is 249 g/mol. The molecule has 0 fully saturated rings. The van der Waals surface area contributed by atoms with E-state index in [1.807, 2.05) is 24.3 Å². The third-order valence-electron chi connectivity index (χ3n) is 3.12. The number of nitrogens with one attached hydrogen (secondary N) is 1. The summed E-state index contributed by atoms with van der Waals surface area (Å²) in [5, 5.41) is 4.43. The minimum absolute atomic E-state index is 0.765. The smallest absolute Gasteiger partial charge is 0.137 e. The summed E-state index contributed by atoms with van der Waals surface area (Å²) in [7, 11) is 0. The Hall–Kier alpha value is -2.42. The van der Waals surface area contributed by atoms with Gasteiger partial charge in [-0.2, -0.15) is 0 Å². The number of benzene rings is 2. The lowest BCUT2D eigenvalue weighted by Crippen LogP contribution is -2.02. The fourth-order valence-electron chi connectivity index (χ4n) is 2.04. The van der Waals surface area contributed by atoms with Crippen LogP contribution in [0.2, 0.25) is 0 Å². The average Bonchev–Trinajstić information content (AvgIpc) is 2.47. The molecule has 0 saturated heterocycles. The van der Waals surface area contributed by atoms with Crippen LogP contribution in [0.1, 0.15) is 11.1 Å². The molecule has 3 heteroatoms. The zero-order chi connectivity index (χ0) is 13.1. The number of aryl methyl sites for hydroxylation is 1. The Labute approximate surface area is 112 Å². The predicted octanol–water partition coefficient (Wildman–Crippen LogP) is 3.55. The van der Waals surface area contributed by atoms with Gasteiger partial charge in [-0.25, -0.2) is 9.97 Å². The summed E-state index contributed by atoms with van der Waals surface area (Å²) in [5.74, 6) is 0.881. The minimum Gasteiger partial charge on any atom is -0.365 e. The van der Waals surface area contributed by atoms with Gasteiger partial charge in [0.05, 0.1) is 5.52 Å². The summed E-state index contributed by atoms with van der Waals surface area (Å²) in [5.41, 5.74) is 3.48. The fraction of sp³-hybridized carbons (Fsp3) is 0.125. The van der Waals surface area contributed by atoms with Crippen LogP contribution < -0.4 is 5.32 Å². The molecule has 0 amide bonds. The highest BCUT2D eigenvalue weighted by Gasteiger charge is 2.02. The number of nitrogens with zero attached hydrogens (tertiary/aromatic N) is 2. The molecule has 3 rings (SSSR count). The van der Waals surface area contributed by atoms with Crippen molar-refractivity contribution in [3.63, 3.8) is 0 Å². The molecule has 0 aliphatic rings. The van der Waals surface area contributed by atoms with E-state index in [2.05, 4.69) is 46.5 Å². The van der Waals surface area contributed by atoms with Crippen LogP contribution in [0.3, 0.4) is 0 Å². The Kier molecular flexibility index (Phi) is 3.11. The second-order valence-electron chi connectivity index (χ2n) is 4.58. The van der Waals surface area contributed by atoms with Crippen molar-refractivity contribution in [2.75, 3.05) is 5.32 Å². The van der Waals surface area contributed by atoms with Gasteiger partial charge in [-0.3, -0.25) is 0 Å². The van der Waals surface area contributed by atoms with Crippen LogP contribution in [-0.4, -0.2) is 9.97 Å². The molecule has 0 bridgehead atoms. The van der Waals surface area contributed by atoms with E-state index in [4.69, 9.17) is 0 Å². The van der Waals surface area contributed by atoms with E-state index in [1.165, 1.54) is 11.1 Å². The highest BCUT2D eigenvalue weighted by Crippen LogP contribution is 2.19. The summed E-state index contributed by atoms with van der Waals surface area (Å²) < 4.78 is 0. The van der Waals surface area contributed by atoms with Crippen molar-refractivity contribution < 1.29 is 0 Å². The van der Waals surface area contributed by atoms with E-state index in [0.29, 0.717) is 0 Å². The number of rotatable bonds is 3.